The highest BCUT2D eigenvalue weighted by atomic mass is 16.5. The van der Waals surface area contributed by atoms with E-state index in [4.69, 9.17) is 9.26 Å². The van der Waals surface area contributed by atoms with Crippen molar-refractivity contribution in [3.8, 4) is 0 Å². The summed E-state index contributed by atoms with van der Waals surface area (Å²) in [5, 5.41) is 4.08. The van der Waals surface area contributed by atoms with Crippen LogP contribution in [-0.4, -0.2) is 65.4 Å². The van der Waals surface area contributed by atoms with Crippen LogP contribution in [0.2, 0.25) is 0 Å². The molecule has 1 aromatic heterocycles. The molecule has 2 fully saturated rings. The second-order valence-corrected chi connectivity index (χ2v) is 7.15. The third-order valence-corrected chi connectivity index (χ3v) is 5.02. The Morgan fingerprint density at radius 3 is 2.52 bits per heavy atom. The van der Waals surface area contributed by atoms with E-state index in [0.717, 1.165) is 51.0 Å². The maximum Gasteiger partial charge on any atom is 0.243 e. The molecule has 2 aliphatic heterocycles. The van der Waals surface area contributed by atoms with Crippen LogP contribution in [0, 0.1) is 0 Å². The van der Waals surface area contributed by atoms with Gasteiger partial charge in [-0.05, 0) is 26.2 Å². The Balaban J connectivity index is 1.47. The summed E-state index contributed by atoms with van der Waals surface area (Å²) in [5.74, 6) is 1.87. The van der Waals surface area contributed by atoms with Crippen LogP contribution in [0.25, 0.3) is 0 Å². The van der Waals surface area contributed by atoms with Crippen LogP contribution in [0.15, 0.2) is 4.52 Å². The number of ether oxygens (including phenoxy) is 1. The normalized spacial score (nSPS) is 25.8. The summed E-state index contributed by atoms with van der Waals surface area (Å²) in [4.78, 5) is 9.52. The van der Waals surface area contributed by atoms with Crippen molar-refractivity contribution in [1.29, 1.82) is 0 Å². The second-order valence-electron chi connectivity index (χ2n) is 7.15. The maximum atomic E-state index is 5.86. The quantitative estimate of drug-likeness (QED) is 0.830. The Labute approximate surface area is 139 Å². The van der Waals surface area contributed by atoms with Gasteiger partial charge in [-0.2, -0.15) is 4.98 Å². The van der Waals surface area contributed by atoms with Gasteiger partial charge in [0, 0.05) is 45.2 Å². The predicted octanol–water partition coefficient (Wildman–Crippen LogP) is 2.44. The zero-order chi connectivity index (χ0) is 16.2. The Hall–Kier alpha value is -0.980. The lowest BCUT2D eigenvalue weighted by Crippen LogP contribution is -2.49. The van der Waals surface area contributed by atoms with Gasteiger partial charge in [0.1, 0.15) is 0 Å². The first-order chi connectivity index (χ1) is 11.1. The van der Waals surface area contributed by atoms with Gasteiger partial charge in [-0.15, -0.1) is 0 Å². The molecule has 0 amide bonds. The molecular weight excluding hydrogens is 292 g/mol. The number of nitrogens with zero attached hydrogens (tertiary/aromatic N) is 4. The molecule has 2 aliphatic rings. The fourth-order valence-electron chi connectivity index (χ4n) is 3.38. The first-order valence-electron chi connectivity index (χ1n) is 9.05. The smallest absolute Gasteiger partial charge is 0.243 e. The van der Waals surface area contributed by atoms with Crippen LogP contribution in [0.1, 0.15) is 63.7 Å². The number of rotatable bonds is 5. The maximum absolute atomic E-state index is 5.86. The Morgan fingerprint density at radius 2 is 1.91 bits per heavy atom. The molecule has 0 bridgehead atoms. The van der Waals surface area contributed by atoms with E-state index in [0.29, 0.717) is 12.0 Å². The van der Waals surface area contributed by atoms with Gasteiger partial charge in [-0.1, -0.05) is 19.0 Å². The standard InChI is InChI=1S/C17H30N4O2/c1-13(2)16-18-17(23-19-16)14(3)21-9-7-20(8-10-21)12-15-6-4-5-11-22-15/h13-15H,4-12H2,1-3H3/t14-,15-/m0/s1. The first-order valence-corrected chi connectivity index (χ1v) is 9.05. The average Bonchev–Trinajstić information content (AvgIpc) is 3.06. The molecule has 0 radical (unpaired) electrons. The molecule has 0 aliphatic carbocycles. The number of hydrogen-bond acceptors (Lipinski definition) is 6. The molecule has 0 N–H and O–H groups in total. The van der Waals surface area contributed by atoms with Gasteiger partial charge < -0.3 is 9.26 Å². The van der Waals surface area contributed by atoms with Crippen LogP contribution in [-0.2, 0) is 4.74 Å². The SMILES string of the molecule is CC(C)c1noc([C@H](C)N2CCN(C[C@@H]3CCCCO3)CC2)n1. The highest BCUT2D eigenvalue weighted by Gasteiger charge is 2.27. The number of aromatic nitrogens is 2. The first kappa shape index (κ1) is 16.9. The van der Waals surface area contributed by atoms with E-state index < -0.39 is 0 Å². The minimum atomic E-state index is 0.197. The van der Waals surface area contributed by atoms with Gasteiger partial charge in [-0.3, -0.25) is 9.80 Å². The molecule has 0 spiro atoms. The van der Waals surface area contributed by atoms with Crippen LogP contribution in [0.5, 0.6) is 0 Å². The molecule has 2 atom stereocenters. The van der Waals surface area contributed by atoms with Crippen molar-refractivity contribution in [2.75, 3.05) is 39.3 Å². The van der Waals surface area contributed by atoms with Crippen molar-refractivity contribution in [2.24, 2.45) is 0 Å². The third kappa shape index (κ3) is 4.31. The van der Waals surface area contributed by atoms with Gasteiger partial charge in [0.25, 0.3) is 0 Å². The van der Waals surface area contributed by atoms with Crippen molar-refractivity contribution >= 4 is 0 Å². The van der Waals surface area contributed by atoms with Gasteiger partial charge in [-0.25, -0.2) is 0 Å². The zero-order valence-electron chi connectivity index (χ0n) is 14.7. The number of hydrogen-bond donors (Lipinski definition) is 0. The molecule has 3 heterocycles. The molecular formula is C17H30N4O2. The minimum absolute atomic E-state index is 0.197. The fourth-order valence-corrected chi connectivity index (χ4v) is 3.38. The summed E-state index contributed by atoms with van der Waals surface area (Å²) in [7, 11) is 0. The van der Waals surface area contributed by atoms with Gasteiger partial charge in [0.15, 0.2) is 5.82 Å². The minimum Gasteiger partial charge on any atom is -0.377 e. The predicted molar refractivity (Wildman–Crippen MR) is 88.4 cm³/mol. The average molecular weight is 322 g/mol. The third-order valence-electron chi connectivity index (χ3n) is 5.02. The van der Waals surface area contributed by atoms with Crippen LogP contribution < -0.4 is 0 Å². The topological polar surface area (TPSA) is 54.6 Å². The van der Waals surface area contributed by atoms with E-state index in [1.807, 2.05) is 0 Å². The van der Waals surface area contributed by atoms with Crippen molar-refractivity contribution in [3.05, 3.63) is 11.7 Å². The van der Waals surface area contributed by atoms with Gasteiger partial charge in [0.05, 0.1) is 12.1 Å². The molecule has 1 aromatic rings. The van der Waals surface area contributed by atoms with E-state index in [9.17, 15) is 0 Å². The Morgan fingerprint density at radius 1 is 1.13 bits per heavy atom. The Kier molecular flexibility index (Phi) is 5.67. The summed E-state index contributed by atoms with van der Waals surface area (Å²) in [5.41, 5.74) is 0. The number of piperazine rings is 1. The molecule has 3 rings (SSSR count). The van der Waals surface area contributed by atoms with E-state index in [-0.39, 0.29) is 6.04 Å². The largest absolute Gasteiger partial charge is 0.377 e. The fraction of sp³-hybridized carbons (Fsp3) is 0.882. The van der Waals surface area contributed by atoms with Crippen molar-refractivity contribution in [3.63, 3.8) is 0 Å². The molecule has 23 heavy (non-hydrogen) atoms. The summed E-state index contributed by atoms with van der Waals surface area (Å²) in [6, 6.07) is 0.197. The highest BCUT2D eigenvalue weighted by Crippen LogP contribution is 2.22. The Bertz CT molecular complexity index is 477. The highest BCUT2D eigenvalue weighted by molar-refractivity contribution is 4.96. The van der Waals surface area contributed by atoms with Gasteiger partial charge in [0.2, 0.25) is 5.89 Å². The lowest BCUT2D eigenvalue weighted by molar-refractivity contribution is -0.0175. The van der Waals surface area contributed by atoms with E-state index in [2.05, 4.69) is 40.7 Å². The monoisotopic (exact) mass is 322 g/mol. The molecule has 2 saturated heterocycles. The van der Waals surface area contributed by atoms with Crippen molar-refractivity contribution in [2.45, 2.75) is 58.1 Å². The van der Waals surface area contributed by atoms with Gasteiger partial charge >= 0.3 is 0 Å². The summed E-state index contributed by atoms with van der Waals surface area (Å²) >= 11 is 0. The lowest BCUT2D eigenvalue weighted by atomic mass is 10.1. The molecule has 0 aromatic carbocycles. The second kappa shape index (κ2) is 7.73. The molecule has 6 nitrogen and oxygen atoms in total. The molecule has 0 unspecified atom stereocenters. The summed E-state index contributed by atoms with van der Waals surface area (Å²) in [6.45, 7) is 12.6. The van der Waals surface area contributed by atoms with E-state index in [1.54, 1.807) is 0 Å². The molecule has 0 saturated carbocycles. The van der Waals surface area contributed by atoms with E-state index >= 15 is 0 Å². The van der Waals surface area contributed by atoms with Crippen LogP contribution >= 0.6 is 0 Å². The zero-order valence-corrected chi connectivity index (χ0v) is 14.7. The summed E-state index contributed by atoms with van der Waals surface area (Å²) < 4.78 is 11.3. The van der Waals surface area contributed by atoms with E-state index in [1.165, 1.54) is 19.3 Å². The lowest BCUT2D eigenvalue weighted by Gasteiger charge is -2.38. The van der Waals surface area contributed by atoms with Crippen molar-refractivity contribution < 1.29 is 9.26 Å². The van der Waals surface area contributed by atoms with Crippen molar-refractivity contribution in [1.82, 2.24) is 19.9 Å². The van der Waals surface area contributed by atoms with Crippen LogP contribution in [0.4, 0.5) is 0 Å². The molecule has 6 heteroatoms. The van der Waals surface area contributed by atoms with Crippen LogP contribution in [0.3, 0.4) is 0 Å². The molecule has 130 valence electrons. The summed E-state index contributed by atoms with van der Waals surface area (Å²) in [6.07, 6.45) is 4.20.